The largest absolute Gasteiger partial charge is 0.333 e. The van der Waals surface area contributed by atoms with E-state index >= 15 is 0 Å². The van der Waals surface area contributed by atoms with Gasteiger partial charge in [0.2, 0.25) is 5.91 Å². The van der Waals surface area contributed by atoms with Crippen LogP contribution in [0.3, 0.4) is 0 Å². The van der Waals surface area contributed by atoms with Crippen molar-refractivity contribution in [3.05, 3.63) is 64.2 Å². The first-order valence-corrected chi connectivity index (χ1v) is 9.06. The highest BCUT2D eigenvalue weighted by atomic mass is 32.1. The van der Waals surface area contributed by atoms with Crippen LogP contribution in [0.5, 0.6) is 0 Å². The zero-order valence-corrected chi connectivity index (χ0v) is 14.4. The summed E-state index contributed by atoms with van der Waals surface area (Å²) < 4.78 is 2.24. The minimum Gasteiger partial charge on any atom is -0.333 e. The number of imidazole rings is 1. The standard InChI is InChI=1S/C19H19N3OS/c1-14-4-2-3-5-15(14)10-19(23)21-7-8-22-17(11-20-18(22)12-21)16-6-9-24-13-16/h2-6,9,11,13H,7-8,10,12H2,1H3. The van der Waals surface area contributed by atoms with Crippen molar-refractivity contribution >= 4 is 17.2 Å². The fraction of sp³-hybridized carbons (Fsp3) is 0.263. The first-order chi connectivity index (χ1) is 11.7. The van der Waals surface area contributed by atoms with Gasteiger partial charge in [0.05, 0.1) is 24.9 Å². The third kappa shape index (κ3) is 2.76. The minimum absolute atomic E-state index is 0.177. The van der Waals surface area contributed by atoms with E-state index in [4.69, 9.17) is 0 Å². The lowest BCUT2D eigenvalue weighted by molar-refractivity contribution is -0.132. The van der Waals surface area contributed by atoms with Gasteiger partial charge >= 0.3 is 0 Å². The first-order valence-electron chi connectivity index (χ1n) is 8.11. The van der Waals surface area contributed by atoms with Crippen LogP contribution >= 0.6 is 11.3 Å². The van der Waals surface area contributed by atoms with Crippen LogP contribution in [0.4, 0.5) is 0 Å². The maximum Gasteiger partial charge on any atom is 0.227 e. The maximum absolute atomic E-state index is 12.7. The lowest BCUT2D eigenvalue weighted by atomic mass is 10.1. The summed E-state index contributed by atoms with van der Waals surface area (Å²) >= 11 is 1.69. The number of aromatic nitrogens is 2. The molecule has 0 spiro atoms. The zero-order chi connectivity index (χ0) is 16.5. The lowest BCUT2D eigenvalue weighted by Crippen LogP contribution is -2.39. The average Bonchev–Trinajstić information content (AvgIpc) is 3.25. The number of hydrogen-bond acceptors (Lipinski definition) is 3. The van der Waals surface area contributed by atoms with E-state index in [-0.39, 0.29) is 5.91 Å². The molecule has 3 aromatic rings. The fourth-order valence-electron chi connectivity index (χ4n) is 3.20. The molecule has 1 aliphatic heterocycles. The van der Waals surface area contributed by atoms with Crippen molar-refractivity contribution in [2.45, 2.75) is 26.4 Å². The molecule has 4 rings (SSSR count). The molecule has 0 N–H and O–H groups in total. The van der Waals surface area contributed by atoms with Crippen molar-refractivity contribution in [1.82, 2.24) is 14.5 Å². The van der Waals surface area contributed by atoms with Gasteiger partial charge < -0.3 is 9.47 Å². The van der Waals surface area contributed by atoms with Crippen molar-refractivity contribution < 1.29 is 4.79 Å². The molecule has 0 unspecified atom stereocenters. The Kier molecular flexibility index (Phi) is 3.94. The predicted octanol–water partition coefficient (Wildman–Crippen LogP) is 3.50. The molecule has 5 heteroatoms. The number of benzene rings is 1. The van der Waals surface area contributed by atoms with Crippen molar-refractivity contribution in [2.75, 3.05) is 6.54 Å². The van der Waals surface area contributed by atoms with E-state index in [0.717, 1.165) is 30.2 Å². The number of nitrogens with zero attached hydrogens (tertiary/aromatic N) is 3. The van der Waals surface area contributed by atoms with Gasteiger partial charge in [-0.2, -0.15) is 11.3 Å². The molecule has 1 amide bonds. The Balaban J connectivity index is 1.51. The molecule has 4 nitrogen and oxygen atoms in total. The topological polar surface area (TPSA) is 38.1 Å². The molecular weight excluding hydrogens is 318 g/mol. The second-order valence-electron chi connectivity index (χ2n) is 6.14. The minimum atomic E-state index is 0.177. The monoisotopic (exact) mass is 337 g/mol. The summed E-state index contributed by atoms with van der Waals surface area (Å²) in [5.74, 6) is 1.15. The third-order valence-electron chi connectivity index (χ3n) is 4.64. The summed E-state index contributed by atoms with van der Waals surface area (Å²) in [4.78, 5) is 19.1. The molecule has 24 heavy (non-hydrogen) atoms. The molecule has 1 aliphatic rings. The molecule has 1 aromatic carbocycles. The summed E-state index contributed by atoms with van der Waals surface area (Å²) in [6.07, 6.45) is 2.39. The SMILES string of the molecule is Cc1ccccc1CC(=O)N1CCn2c(-c3ccsc3)cnc2C1. The zero-order valence-electron chi connectivity index (χ0n) is 13.6. The van der Waals surface area contributed by atoms with Crippen LogP contribution in [0.15, 0.2) is 47.3 Å². The third-order valence-corrected chi connectivity index (χ3v) is 5.32. The van der Waals surface area contributed by atoms with E-state index < -0.39 is 0 Å². The van der Waals surface area contributed by atoms with E-state index in [1.54, 1.807) is 11.3 Å². The maximum atomic E-state index is 12.7. The molecule has 0 fully saturated rings. The Morgan fingerprint density at radius 3 is 2.92 bits per heavy atom. The van der Waals surface area contributed by atoms with Crippen molar-refractivity contribution in [3.63, 3.8) is 0 Å². The van der Waals surface area contributed by atoms with Gasteiger partial charge in [-0.1, -0.05) is 24.3 Å². The molecule has 3 heterocycles. The summed E-state index contributed by atoms with van der Waals surface area (Å²) in [5.41, 5.74) is 4.63. The van der Waals surface area contributed by atoms with Gasteiger partial charge in [-0.05, 0) is 29.5 Å². The van der Waals surface area contributed by atoms with Crippen LogP contribution < -0.4 is 0 Å². The summed E-state index contributed by atoms with van der Waals surface area (Å²) in [6.45, 7) is 4.19. The van der Waals surface area contributed by atoms with Gasteiger partial charge in [0.15, 0.2) is 0 Å². The number of carbonyl (C=O) groups is 1. The van der Waals surface area contributed by atoms with E-state index in [1.807, 2.05) is 29.3 Å². The van der Waals surface area contributed by atoms with Crippen LogP contribution in [-0.2, 0) is 24.3 Å². The Morgan fingerprint density at radius 2 is 2.12 bits per heavy atom. The fourth-order valence-corrected chi connectivity index (χ4v) is 3.85. The van der Waals surface area contributed by atoms with Gasteiger partial charge in [0.1, 0.15) is 5.82 Å². The Hall–Kier alpha value is -2.40. The highest BCUT2D eigenvalue weighted by Gasteiger charge is 2.24. The van der Waals surface area contributed by atoms with Gasteiger partial charge in [-0.15, -0.1) is 0 Å². The molecule has 0 bridgehead atoms. The number of carbonyl (C=O) groups excluding carboxylic acids is 1. The molecule has 0 saturated carbocycles. The van der Waals surface area contributed by atoms with Gasteiger partial charge in [-0.25, -0.2) is 4.98 Å². The Bertz CT molecular complexity index is 867. The molecule has 2 aromatic heterocycles. The molecule has 0 atom stereocenters. The lowest BCUT2D eigenvalue weighted by Gasteiger charge is -2.29. The number of thiophene rings is 1. The number of fused-ring (bicyclic) bond motifs is 1. The summed E-state index contributed by atoms with van der Waals surface area (Å²) in [5, 5.41) is 4.22. The average molecular weight is 337 g/mol. The quantitative estimate of drug-likeness (QED) is 0.733. The second kappa shape index (κ2) is 6.24. The summed E-state index contributed by atoms with van der Waals surface area (Å²) in [7, 11) is 0. The normalized spacial score (nSPS) is 13.8. The molecule has 122 valence electrons. The molecule has 0 aliphatic carbocycles. The summed E-state index contributed by atoms with van der Waals surface area (Å²) in [6, 6.07) is 10.2. The van der Waals surface area contributed by atoms with Crippen molar-refractivity contribution in [1.29, 1.82) is 0 Å². The Morgan fingerprint density at radius 1 is 1.25 bits per heavy atom. The molecule has 0 saturated heterocycles. The number of amides is 1. The highest BCUT2D eigenvalue weighted by Crippen LogP contribution is 2.26. The van der Waals surface area contributed by atoms with E-state index in [0.29, 0.717) is 13.0 Å². The highest BCUT2D eigenvalue weighted by molar-refractivity contribution is 7.08. The van der Waals surface area contributed by atoms with E-state index in [9.17, 15) is 4.79 Å². The Labute approximate surface area is 145 Å². The van der Waals surface area contributed by atoms with Crippen LogP contribution in [0, 0.1) is 6.92 Å². The number of aryl methyl sites for hydroxylation is 1. The van der Waals surface area contributed by atoms with Crippen molar-refractivity contribution in [3.8, 4) is 11.3 Å². The van der Waals surface area contributed by atoms with Gasteiger partial charge in [0.25, 0.3) is 0 Å². The number of rotatable bonds is 3. The van der Waals surface area contributed by atoms with Crippen LogP contribution in [0.2, 0.25) is 0 Å². The van der Waals surface area contributed by atoms with Gasteiger partial charge in [0, 0.05) is 24.0 Å². The second-order valence-corrected chi connectivity index (χ2v) is 6.92. The number of hydrogen-bond donors (Lipinski definition) is 0. The molecular formula is C19H19N3OS. The van der Waals surface area contributed by atoms with Crippen molar-refractivity contribution in [2.24, 2.45) is 0 Å². The first kappa shape index (κ1) is 15.1. The van der Waals surface area contributed by atoms with Crippen LogP contribution in [-0.4, -0.2) is 26.9 Å². The van der Waals surface area contributed by atoms with Crippen LogP contribution in [0.25, 0.3) is 11.3 Å². The predicted molar refractivity (Wildman–Crippen MR) is 95.8 cm³/mol. The molecule has 0 radical (unpaired) electrons. The van der Waals surface area contributed by atoms with E-state index in [2.05, 4.69) is 39.4 Å². The van der Waals surface area contributed by atoms with Crippen LogP contribution in [0.1, 0.15) is 17.0 Å². The smallest absolute Gasteiger partial charge is 0.227 e. The van der Waals surface area contributed by atoms with Gasteiger partial charge in [-0.3, -0.25) is 4.79 Å². The van der Waals surface area contributed by atoms with E-state index in [1.165, 1.54) is 11.1 Å².